The molecule has 0 fully saturated rings. The fourth-order valence-electron chi connectivity index (χ4n) is 3.25. The second-order valence-electron chi connectivity index (χ2n) is 7.06. The number of aliphatic hydroxyl groups excluding tert-OH is 1. The number of pyridine rings is 1. The van der Waals surface area contributed by atoms with Crippen LogP contribution in [0.5, 0.6) is 0 Å². The summed E-state index contributed by atoms with van der Waals surface area (Å²) < 4.78 is 6.19. The zero-order valence-electron chi connectivity index (χ0n) is 17.1. The lowest BCUT2D eigenvalue weighted by molar-refractivity contribution is -0.137. The number of ether oxygens (including phenoxy) is 1. The highest BCUT2D eigenvalue weighted by molar-refractivity contribution is 9.10. The molecule has 0 aliphatic carbocycles. The number of halogens is 1. The first-order chi connectivity index (χ1) is 15.6. The van der Waals surface area contributed by atoms with Crippen molar-refractivity contribution in [1.29, 1.82) is 0 Å². The molecule has 1 N–H and O–H groups in total. The molecule has 0 radical (unpaired) electrons. The molecule has 4 aromatic rings. The maximum atomic E-state index is 13.1. The number of aromatic nitrogens is 1. The highest BCUT2D eigenvalue weighted by Gasteiger charge is 2.23. The van der Waals surface area contributed by atoms with Gasteiger partial charge in [-0.1, -0.05) is 101 Å². The summed E-state index contributed by atoms with van der Waals surface area (Å²) in [6.45, 7) is 0.0918. The molecule has 0 amide bonds. The van der Waals surface area contributed by atoms with E-state index in [1.165, 1.54) is 0 Å². The summed E-state index contributed by atoms with van der Waals surface area (Å²) in [4.78, 5) is 17.6. The van der Waals surface area contributed by atoms with Crippen LogP contribution in [0.3, 0.4) is 0 Å². The van der Waals surface area contributed by atoms with Crippen molar-refractivity contribution in [1.82, 2.24) is 4.98 Å². The Balaban J connectivity index is 1.71. The largest absolute Gasteiger partial charge is 0.506 e. The molecule has 5 heteroatoms. The van der Waals surface area contributed by atoms with Crippen LogP contribution >= 0.6 is 15.9 Å². The Kier molecular flexibility index (Phi) is 6.78. The SMILES string of the molecule is O=C(OCc1ccccc1)/C(=C(\O)c1ccccc1Br)c1ccc(-c2ccccc2)cn1. The van der Waals surface area contributed by atoms with Gasteiger partial charge < -0.3 is 9.84 Å². The Morgan fingerprint density at radius 3 is 2.12 bits per heavy atom. The van der Waals surface area contributed by atoms with Crippen LogP contribution < -0.4 is 0 Å². The molecule has 0 saturated heterocycles. The molecule has 0 spiro atoms. The summed E-state index contributed by atoms with van der Waals surface area (Å²) in [5.74, 6) is -0.849. The van der Waals surface area contributed by atoms with Gasteiger partial charge in [0, 0.05) is 21.8 Å². The monoisotopic (exact) mass is 485 g/mol. The molecule has 1 aromatic heterocycles. The maximum Gasteiger partial charge on any atom is 0.344 e. The van der Waals surface area contributed by atoms with Crippen LogP contribution in [0, 0.1) is 0 Å². The van der Waals surface area contributed by atoms with Crippen molar-refractivity contribution in [3.63, 3.8) is 0 Å². The van der Waals surface area contributed by atoms with Gasteiger partial charge in [-0.2, -0.15) is 0 Å². The number of carbonyl (C=O) groups is 1. The van der Waals surface area contributed by atoms with E-state index in [4.69, 9.17) is 4.74 Å². The van der Waals surface area contributed by atoms with E-state index < -0.39 is 5.97 Å². The summed E-state index contributed by atoms with van der Waals surface area (Å²) in [7, 11) is 0. The molecule has 32 heavy (non-hydrogen) atoms. The van der Waals surface area contributed by atoms with E-state index in [0.29, 0.717) is 15.7 Å². The Morgan fingerprint density at radius 1 is 0.812 bits per heavy atom. The average molecular weight is 486 g/mol. The average Bonchev–Trinajstić information content (AvgIpc) is 2.85. The third-order valence-electron chi connectivity index (χ3n) is 4.91. The lowest BCUT2D eigenvalue weighted by Gasteiger charge is -2.13. The number of rotatable bonds is 6. The Labute approximate surface area is 195 Å². The lowest BCUT2D eigenvalue weighted by atomic mass is 10.0. The Hall–Kier alpha value is -3.70. The normalized spacial score (nSPS) is 11.5. The van der Waals surface area contributed by atoms with Crippen LogP contribution in [0.25, 0.3) is 22.5 Å². The third-order valence-corrected chi connectivity index (χ3v) is 5.60. The summed E-state index contributed by atoms with van der Waals surface area (Å²) >= 11 is 3.44. The topological polar surface area (TPSA) is 59.4 Å². The third kappa shape index (κ3) is 4.95. The summed E-state index contributed by atoms with van der Waals surface area (Å²) in [6, 6.07) is 30.0. The van der Waals surface area contributed by atoms with Crippen LogP contribution in [0.2, 0.25) is 0 Å². The van der Waals surface area contributed by atoms with Gasteiger partial charge in [0.2, 0.25) is 0 Å². The first-order valence-corrected chi connectivity index (χ1v) is 10.8. The van der Waals surface area contributed by atoms with Crippen LogP contribution in [0.15, 0.2) is 108 Å². The van der Waals surface area contributed by atoms with Crippen molar-refractivity contribution in [3.8, 4) is 11.1 Å². The minimum atomic E-state index is -0.651. The Bertz CT molecular complexity index is 1240. The highest BCUT2D eigenvalue weighted by Crippen LogP contribution is 2.30. The van der Waals surface area contributed by atoms with Gasteiger partial charge in [0.15, 0.2) is 0 Å². The maximum absolute atomic E-state index is 13.1. The van der Waals surface area contributed by atoms with Crippen LogP contribution in [-0.4, -0.2) is 16.1 Å². The molecule has 4 rings (SSSR count). The quantitative estimate of drug-likeness (QED) is 0.188. The van der Waals surface area contributed by atoms with Gasteiger partial charge in [-0.25, -0.2) is 4.79 Å². The van der Waals surface area contributed by atoms with Gasteiger partial charge in [-0.15, -0.1) is 0 Å². The number of benzene rings is 3. The standard InChI is InChI=1S/C27H20BrNO3/c28-23-14-8-7-13-22(23)26(30)25(27(31)32-18-19-9-3-1-4-10-19)24-16-15-21(17-29-24)20-11-5-2-6-12-20/h1-17,30H,18H2/b26-25-. The van der Waals surface area contributed by atoms with Gasteiger partial charge in [-0.3, -0.25) is 4.98 Å². The van der Waals surface area contributed by atoms with E-state index in [1.807, 2.05) is 72.8 Å². The molecule has 158 valence electrons. The predicted molar refractivity (Wildman–Crippen MR) is 129 cm³/mol. The molecule has 0 saturated carbocycles. The molecule has 0 aliphatic heterocycles. The van der Waals surface area contributed by atoms with Crippen LogP contribution in [-0.2, 0) is 16.1 Å². The molecular formula is C27H20BrNO3. The second-order valence-corrected chi connectivity index (χ2v) is 7.92. The molecule has 1 heterocycles. The highest BCUT2D eigenvalue weighted by atomic mass is 79.9. The fraction of sp³-hybridized carbons (Fsp3) is 0.0370. The van der Waals surface area contributed by atoms with Crippen molar-refractivity contribution < 1.29 is 14.6 Å². The van der Waals surface area contributed by atoms with Crippen LogP contribution in [0.1, 0.15) is 16.8 Å². The fourth-order valence-corrected chi connectivity index (χ4v) is 3.72. The number of nitrogens with zero attached hydrogens (tertiary/aromatic N) is 1. The van der Waals surface area contributed by atoms with Gasteiger partial charge in [-0.05, 0) is 23.3 Å². The van der Waals surface area contributed by atoms with Gasteiger partial charge in [0.1, 0.15) is 17.9 Å². The minimum absolute atomic E-state index is 0.00689. The molecular weight excluding hydrogens is 466 g/mol. The Morgan fingerprint density at radius 2 is 1.47 bits per heavy atom. The zero-order chi connectivity index (χ0) is 22.3. The van der Waals surface area contributed by atoms with E-state index in [0.717, 1.165) is 16.7 Å². The molecule has 4 nitrogen and oxygen atoms in total. The summed E-state index contributed by atoms with van der Waals surface area (Å²) in [6.07, 6.45) is 1.68. The number of hydrogen-bond donors (Lipinski definition) is 1. The van der Waals surface area contributed by atoms with Crippen molar-refractivity contribution >= 4 is 33.2 Å². The number of esters is 1. The van der Waals surface area contributed by atoms with E-state index in [-0.39, 0.29) is 17.9 Å². The van der Waals surface area contributed by atoms with E-state index in [1.54, 1.807) is 30.5 Å². The number of carbonyl (C=O) groups excluding carboxylic acids is 1. The summed E-state index contributed by atoms with van der Waals surface area (Å²) in [5.41, 5.74) is 3.59. The van der Waals surface area contributed by atoms with Crippen molar-refractivity contribution in [2.75, 3.05) is 0 Å². The van der Waals surface area contributed by atoms with Gasteiger partial charge >= 0.3 is 5.97 Å². The minimum Gasteiger partial charge on any atom is -0.506 e. The van der Waals surface area contributed by atoms with Crippen molar-refractivity contribution in [3.05, 3.63) is 125 Å². The molecule has 3 aromatic carbocycles. The molecule has 0 bridgehead atoms. The lowest BCUT2D eigenvalue weighted by Crippen LogP contribution is -2.11. The number of aliphatic hydroxyl groups is 1. The predicted octanol–water partition coefficient (Wildman–Crippen LogP) is 6.68. The van der Waals surface area contributed by atoms with Gasteiger partial charge in [0.25, 0.3) is 0 Å². The molecule has 0 atom stereocenters. The first-order valence-electron chi connectivity index (χ1n) is 10.0. The smallest absolute Gasteiger partial charge is 0.344 e. The number of hydrogen-bond acceptors (Lipinski definition) is 4. The van der Waals surface area contributed by atoms with Crippen molar-refractivity contribution in [2.45, 2.75) is 6.61 Å². The van der Waals surface area contributed by atoms with E-state index in [2.05, 4.69) is 20.9 Å². The van der Waals surface area contributed by atoms with Crippen LogP contribution in [0.4, 0.5) is 0 Å². The molecule has 0 aliphatic rings. The zero-order valence-corrected chi connectivity index (χ0v) is 18.7. The van der Waals surface area contributed by atoms with Gasteiger partial charge in [0.05, 0.1) is 5.69 Å². The summed E-state index contributed by atoms with van der Waals surface area (Å²) in [5, 5.41) is 11.1. The van der Waals surface area contributed by atoms with E-state index in [9.17, 15) is 9.90 Å². The molecule has 0 unspecified atom stereocenters. The first kappa shape index (κ1) is 21.5. The van der Waals surface area contributed by atoms with E-state index >= 15 is 0 Å². The van der Waals surface area contributed by atoms with Crippen molar-refractivity contribution in [2.24, 2.45) is 0 Å². The second kappa shape index (κ2) is 10.1.